The summed E-state index contributed by atoms with van der Waals surface area (Å²) in [5, 5.41) is 5.31. The van der Waals surface area contributed by atoms with Crippen LogP contribution in [-0.4, -0.2) is 35.3 Å². The van der Waals surface area contributed by atoms with E-state index in [9.17, 15) is 14.4 Å². The van der Waals surface area contributed by atoms with Gasteiger partial charge in [-0.15, -0.1) is 0 Å². The number of carbonyl (C=O) groups is 3. The van der Waals surface area contributed by atoms with Crippen molar-refractivity contribution in [2.75, 3.05) is 11.9 Å². The van der Waals surface area contributed by atoms with Crippen LogP contribution in [0.3, 0.4) is 0 Å². The summed E-state index contributed by atoms with van der Waals surface area (Å²) in [6.07, 6.45) is 1.32. The number of imide groups is 1. The second-order valence-electron chi connectivity index (χ2n) is 6.17. The van der Waals surface area contributed by atoms with Crippen LogP contribution in [0.4, 0.5) is 10.5 Å². The summed E-state index contributed by atoms with van der Waals surface area (Å²) < 4.78 is 5.80. The maximum atomic E-state index is 12.4. The van der Waals surface area contributed by atoms with Gasteiger partial charge in [0.1, 0.15) is 18.3 Å². The van der Waals surface area contributed by atoms with Crippen molar-refractivity contribution >= 4 is 23.5 Å². The molecule has 0 spiro atoms. The lowest BCUT2D eigenvalue weighted by atomic mass is 10.2. The molecule has 140 valence electrons. The Morgan fingerprint density at radius 1 is 1.11 bits per heavy atom. The number of carbonyl (C=O) groups excluding carboxylic acids is 3. The van der Waals surface area contributed by atoms with Gasteiger partial charge in [0, 0.05) is 0 Å². The highest BCUT2D eigenvalue weighted by Crippen LogP contribution is 2.29. The van der Waals surface area contributed by atoms with E-state index in [4.69, 9.17) is 4.74 Å². The molecule has 27 heavy (non-hydrogen) atoms. The van der Waals surface area contributed by atoms with E-state index in [-0.39, 0.29) is 12.5 Å². The number of para-hydroxylation sites is 3. The first kappa shape index (κ1) is 18.4. The number of ether oxygens (including phenoxy) is 1. The zero-order valence-electron chi connectivity index (χ0n) is 15.0. The second kappa shape index (κ2) is 8.35. The predicted molar refractivity (Wildman–Crippen MR) is 101 cm³/mol. The Kier molecular flexibility index (Phi) is 5.71. The number of urea groups is 1. The van der Waals surface area contributed by atoms with Crippen LogP contribution in [0.5, 0.6) is 11.5 Å². The van der Waals surface area contributed by atoms with Gasteiger partial charge in [-0.1, -0.05) is 43.7 Å². The van der Waals surface area contributed by atoms with E-state index in [0.717, 1.165) is 11.3 Å². The third-order valence-corrected chi connectivity index (χ3v) is 4.12. The Hall–Kier alpha value is -3.35. The van der Waals surface area contributed by atoms with Crippen molar-refractivity contribution in [3.63, 3.8) is 0 Å². The first-order valence-electron chi connectivity index (χ1n) is 8.82. The average molecular weight is 367 g/mol. The highest BCUT2D eigenvalue weighted by atomic mass is 16.5. The zero-order valence-corrected chi connectivity index (χ0v) is 15.0. The van der Waals surface area contributed by atoms with Crippen molar-refractivity contribution < 1.29 is 19.1 Å². The molecule has 1 fully saturated rings. The number of nitrogens with zero attached hydrogens (tertiary/aromatic N) is 1. The SMILES string of the molecule is CCC[C@@H]1NC(=O)N(CC(=O)Nc2ccccc2Oc2ccccc2)C1=O. The fourth-order valence-electron chi connectivity index (χ4n) is 2.82. The Labute approximate surface area is 157 Å². The smallest absolute Gasteiger partial charge is 0.325 e. The molecule has 0 unspecified atom stereocenters. The maximum absolute atomic E-state index is 12.4. The molecular weight excluding hydrogens is 346 g/mol. The van der Waals surface area contributed by atoms with Gasteiger partial charge in [-0.05, 0) is 30.7 Å². The molecule has 2 N–H and O–H groups in total. The first-order valence-corrected chi connectivity index (χ1v) is 8.82. The summed E-state index contributed by atoms with van der Waals surface area (Å²) in [5.41, 5.74) is 0.462. The largest absolute Gasteiger partial charge is 0.455 e. The van der Waals surface area contributed by atoms with E-state index in [2.05, 4.69) is 10.6 Å². The van der Waals surface area contributed by atoms with Crippen molar-refractivity contribution in [2.45, 2.75) is 25.8 Å². The number of amides is 4. The Morgan fingerprint density at radius 3 is 2.56 bits per heavy atom. The highest BCUT2D eigenvalue weighted by Gasteiger charge is 2.38. The number of benzene rings is 2. The summed E-state index contributed by atoms with van der Waals surface area (Å²) in [6, 6.07) is 15.1. The van der Waals surface area contributed by atoms with Crippen molar-refractivity contribution in [2.24, 2.45) is 0 Å². The van der Waals surface area contributed by atoms with Crippen LogP contribution in [0.15, 0.2) is 54.6 Å². The Morgan fingerprint density at radius 2 is 1.81 bits per heavy atom. The van der Waals surface area contributed by atoms with E-state index in [1.807, 2.05) is 25.1 Å². The van der Waals surface area contributed by atoms with Crippen molar-refractivity contribution in [1.29, 1.82) is 0 Å². The summed E-state index contributed by atoms with van der Waals surface area (Å²) in [4.78, 5) is 37.5. The third-order valence-electron chi connectivity index (χ3n) is 4.12. The normalized spacial score (nSPS) is 16.2. The highest BCUT2D eigenvalue weighted by molar-refractivity contribution is 6.08. The quantitative estimate of drug-likeness (QED) is 0.736. The fourth-order valence-corrected chi connectivity index (χ4v) is 2.82. The molecule has 0 saturated carbocycles. The molecule has 7 heteroatoms. The predicted octanol–water partition coefficient (Wildman–Crippen LogP) is 3.14. The number of rotatable bonds is 7. The monoisotopic (exact) mass is 367 g/mol. The van der Waals surface area contributed by atoms with Crippen LogP contribution in [0, 0.1) is 0 Å². The van der Waals surface area contributed by atoms with E-state index in [1.54, 1.807) is 36.4 Å². The van der Waals surface area contributed by atoms with E-state index in [1.165, 1.54) is 0 Å². The second-order valence-corrected chi connectivity index (χ2v) is 6.17. The van der Waals surface area contributed by atoms with Gasteiger partial charge in [-0.25, -0.2) is 4.79 Å². The molecule has 1 aliphatic rings. The van der Waals surface area contributed by atoms with Gasteiger partial charge in [0.2, 0.25) is 5.91 Å². The molecular formula is C20H21N3O4. The van der Waals surface area contributed by atoms with Gasteiger partial charge < -0.3 is 15.4 Å². The van der Waals surface area contributed by atoms with E-state index in [0.29, 0.717) is 23.6 Å². The number of anilines is 1. The van der Waals surface area contributed by atoms with Gasteiger partial charge in [0.25, 0.3) is 5.91 Å². The van der Waals surface area contributed by atoms with Crippen LogP contribution in [0.25, 0.3) is 0 Å². The molecule has 1 saturated heterocycles. The minimum Gasteiger partial charge on any atom is -0.455 e. The molecule has 1 aliphatic heterocycles. The van der Waals surface area contributed by atoms with E-state index < -0.39 is 18.0 Å². The first-order chi connectivity index (χ1) is 13.1. The van der Waals surface area contributed by atoms with Gasteiger partial charge in [-0.2, -0.15) is 0 Å². The van der Waals surface area contributed by atoms with Crippen LogP contribution < -0.4 is 15.4 Å². The molecule has 2 aromatic rings. The molecule has 3 rings (SSSR count). The molecule has 4 amide bonds. The third kappa shape index (κ3) is 4.44. The Bertz CT molecular complexity index is 838. The number of hydrogen-bond acceptors (Lipinski definition) is 4. The lowest BCUT2D eigenvalue weighted by Gasteiger charge is -2.15. The zero-order chi connectivity index (χ0) is 19.2. The van der Waals surface area contributed by atoms with Crippen molar-refractivity contribution in [1.82, 2.24) is 10.2 Å². The molecule has 0 bridgehead atoms. The van der Waals surface area contributed by atoms with Gasteiger partial charge in [0.05, 0.1) is 5.69 Å². The Balaban J connectivity index is 1.66. The molecule has 0 radical (unpaired) electrons. The van der Waals surface area contributed by atoms with Crippen LogP contribution in [0.1, 0.15) is 19.8 Å². The van der Waals surface area contributed by atoms with Crippen molar-refractivity contribution in [3.8, 4) is 11.5 Å². The summed E-state index contributed by atoms with van der Waals surface area (Å²) in [5.74, 6) is 0.263. The van der Waals surface area contributed by atoms with Gasteiger partial charge in [-0.3, -0.25) is 14.5 Å². The molecule has 0 aliphatic carbocycles. The topological polar surface area (TPSA) is 87.7 Å². The molecule has 0 aromatic heterocycles. The summed E-state index contributed by atoms with van der Waals surface area (Å²) in [6.45, 7) is 1.59. The van der Waals surface area contributed by atoms with Crippen LogP contribution in [0.2, 0.25) is 0 Å². The van der Waals surface area contributed by atoms with Gasteiger partial charge >= 0.3 is 6.03 Å². The summed E-state index contributed by atoms with van der Waals surface area (Å²) in [7, 11) is 0. The van der Waals surface area contributed by atoms with Crippen LogP contribution >= 0.6 is 0 Å². The minimum absolute atomic E-state index is 0.343. The summed E-state index contributed by atoms with van der Waals surface area (Å²) >= 11 is 0. The van der Waals surface area contributed by atoms with Gasteiger partial charge in [0.15, 0.2) is 5.75 Å². The molecule has 7 nitrogen and oxygen atoms in total. The maximum Gasteiger partial charge on any atom is 0.325 e. The lowest BCUT2D eigenvalue weighted by molar-refractivity contribution is -0.130. The molecule has 1 atom stereocenters. The van der Waals surface area contributed by atoms with E-state index >= 15 is 0 Å². The van der Waals surface area contributed by atoms with Crippen molar-refractivity contribution in [3.05, 3.63) is 54.6 Å². The number of hydrogen-bond donors (Lipinski definition) is 2. The van der Waals surface area contributed by atoms with Crippen LogP contribution in [-0.2, 0) is 9.59 Å². The average Bonchev–Trinajstić information content (AvgIpc) is 2.92. The molecule has 1 heterocycles. The minimum atomic E-state index is -0.552. The fraction of sp³-hybridized carbons (Fsp3) is 0.250. The number of nitrogens with one attached hydrogen (secondary N) is 2. The lowest BCUT2D eigenvalue weighted by Crippen LogP contribution is -2.38. The molecule has 2 aromatic carbocycles. The standard InChI is InChI=1S/C20H21N3O4/c1-2-8-16-19(25)23(20(26)22-16)13-18(24)21-15-11-6-7-12-17(15)27-14-9-4-3-5-10-14/h3-7,9-12,16H,2,8,13H2,1H3,(H,21,24)(H,22,26)/t16-/m0/s1.